The SMILES string of the molecule is COC1COCCC1NC1CCN(C(=O)c2ncnc(N3CCC4(CCc5cc(Br)ccc5O4)CC3)c2C)CC1. The van der Waals surface area contributed by atoms with E-state index in [1.807, 2.05) is 11.8 Å². The maximum absolute atomic E-state index is 13.6. The van der Waals surface area contributed by atoms with E-state index >= 15 is 0 Å². The van der Waals surface area contributed by atoms with Crippen LogP contribution in [0.25, 0.3) is 0 Å². The van der Waals surface area contributed by atoms with E-state index in [0.717, 1.165) is 99.3 Å². The van der Waals surface area contributed by atoms with Crippen LogP contribution in [0.15, 0.2) is 29.0 Å². The van der Waals surface area contributed by atoms with Gasteiger partial charge in [-0.3, -0.25) is 4.79 Å². The second-order valence-electron chi connectivity index (χ2n) is 11.7. The van der Waals surface area contributed by atoms with E-state index < -0.39 is 0 Å². The molecule has 3 fully saturated rings. The second kappa shape index (κ2) is 11.9. The third-order valence-electron chi connectivity index (χ3n) is 9.27. The van der Waals surface area contributed by atoms with Crippen LogP contribution in [0, 0.1) is 6.92 Å². The number of hydrogen-bond donors (Lipinski definition) is 1. The Morgan fingerprint density at radius 1 is 1.12 bits per heavy atom. The molecule has 2 unspecified atom stereocenters. The first-order valence-corrected chi connectivity index (χ1v) is 15.4. The highest BCUT2D eigenvalue weighted by atomic mass is 79.9. The zero-order valence-corrected chi connectivity index (χ0v) is 25.1. The summed E-state index contributed by atoms with van der Waals surface area (Å²) in [6.45, 7) is 6.53. The predicted octanol–water partition coefficient (Wildman–Crippen LogP) is 3.91. The molecule has 0 saturated carbocycles. The molecule has 10 heteroatoms. The van der Waals surface area contributed by atoms with E-state index in [-0.39, 0.29) is 17.6 Å². The van der Waals surface area contributed by atoms with Crippen LogP contribution in [-0.4, -0.2) is 91.1 Å². The van der Waals surface area contributed by atoms with Crippen molar-refractivity contribution < 1.29 is 19.0 Å². The monoisotopic (exact) mass is 613 g/mol. The van der Waals surface area contributed by atoms with Gasteiger partial charge in [-0.25, -0.2) is 9.97 Å². The van der Waals surface area contributed by atoms with Crippen molar-refractivity contribution >= 4 is 27.7 Å². The van der Waals surface area contributed by atoms with Crippen molar-refractivity contribution in [2.45, 2.75) is 75.7 Å². The highest BCUT2D eigenvalue weighted by molar-refractivity contribution is 9.10. The molecular weight excluding hydrogens is 574 g/mol. The number of fused-ring (bicyclic) bond motifs is 1. The van der Waals surface area contributed by atoms with E-state index in [4.69, 9.17) is 14.2 Å². The van der Waals surface area contributed by atoms with Gasteiger partial charge in [0.05, 0.1) is 12.7 Å². The molecule has 9 nitrogen and oxygen atoms in total. The number of halogens is 1. The van der Waals surface area contributed by atoms with Crippen LogP contribution in [0.3, 0.4) is 0 Å². The second-order valence-corrected chi connectivity index (χ2v) is 12.6. The lowest BCUT2D eigenvalue weighted by atomic mass is 9.83. The van der Waals surface area contributed by atoms with Gasteiger partial charge >= 0.3 is 0 Å². The lowest BCUT2D eigenvalue weighted by Gasteiger charge is -2.45. The molecule has 1 N–H and O–H groups in total. The highest BCUT2D eigenvalue weighted by Crippen LogP contribution is 2.41. The lowest BCUT2D eigenvalue weighted by molar-refractivity contribution is -0.0533. The van der Waals surface area contributed by atoms with Crippen LogP contribution in [0.4, 0.5) is 5.82 Å². The van der Waals surface area contributed by atoms with Gasteiger partial charge in [-0.2, -0.15) is 0 Å². The first-order valence-electron chi connectivity index (χ1n) is 14.6. The van der Waals surface area contributed by atoms with Gasteiger partial charge in [-0.1, -0.05) is 15.9 Å². The van der Waals surface area contributed by atoms with Crippen LogP contribution < -0.4 is 15.0 Å². The number of nitrogens with one attached hydrogen (secondary N) is 1. The molecule has 40 heavy (non-hydrogen) atoms. The minimum Gasteiger partial charge on any atom is -0.487 e. The number of carbonyl (C=O) groups excluding carboxylic acids is 1. The number of methoxy groups -OCH3 is 1. The summed E-state index contributed by atoms with van der Waals surface area (Å²) in [5.74, 6) is 1.89. The Labute approximate surface area is 245 Å². The summed E-state index contributed by atoms with van der Waals surface area (Å²) in [5, 5.41) is 3.77. The summed E-state index contributed by atoms with van der Waals surface area (Å²) in [6.07, 6.45) is 8.37. The molecule has 2 aromatic rings. The van der Waals surface area contributed by atoms with Gasteiger partial charge in [0.1, 0.15) is 29.2 Å². The standard InChI is InChI=1S/C30H40BrN5O4/c1-20-27(29(37)36-12-6-23(7-13-36)34-24-8-16-39-18-26(24)38-2)32-19-33-28(20)35-14-10-30(11-15-35)9-5-21-17-22(31)3-4-25(21)40-30/h3-4,17,19,23-24,26,34H,5-16,18H2,1-2H3. The molecule has 0 radical (unpaired) electrons. The topological polar surface area (TPSA) is 89.1 Å². The van der Waals surface area contributed by atoms with E-state index in [2.05, 4.69) is 54.3 Å². The number of aryl methyl sites for hydroxylation is 1. The zero-order chi connectivity index (χ0) is 27.7. The van der Waals surface area contributed by atoms with E-state index in [9.17, 15) is 4.79 Å². The molecule has 4 aliphatic rings. The van der Waals surface area contributed by atoms with Gasteiger partial charge in [0, 0.05) is 74.9 Å². The average Bonchev–Trinajstić information content (AvgIpc) is 2.98. The fourth-order valence-corrected chi connectivity index (χ4v) is 7.19. The van der Waals surface area contributed by atoms with Crippen LogP contribution >= 0.6 is 15.9 Å². The Morgan fingerprint density at radius 3 is 2.70 bits per heavy atom. The molecule has 1 aromatic carbocycles. The molecule has 0 bridgehead atoms. The van der Waals surface area contributed by atoms with Crippen LogP contribution in [0.5, 0.6) is 5.75 Å². The van der Waals surface area contributed by atoms with E-state index in [1.54, 1.807) is 13.4 Å². The Hall–Kier alpha value is -2.27. The number of carbonyl (C=O) groups is 1. The summed E-state index contributed by atoms with van der Waals surface area (Å²) < 4.78 is 18.8. The molecule has 6 rings (SSSR count). The molecule has 0 aliphatic carbocycles. The number of rotatable bonds is 5. The molecule has 1 aromatic heterocycles. The Balaban J connectivity index is 1.06. The van der Waals surface area contributed by atoms with Crippen molar-refractivity contribution in [3.05, 3.63) is 45.8 Å². The van der Waals surface area contributed by atoms with Crippen molar-refractivity contribution in [1.29, 1.82) is 0 Å². The fraction of sp³-hybridized carbons (Fsp3) is 0.633. The van der Waals surface area contributed by atoms with Gasteiger partial charge in [-0.15, -0.1) is 0 Å². The lowest BCUT2D eigenvalue weighted by Crippen LogP contribution is -2.54. The summed E-state index contributed by atoms with van der Waals surface area (Å²) >= 11 is 3.57. The predicted molar refractivity (Wildman–Crippen MR) is 156 cm³/mol. The van der Waals surface area contributed by atoms with Crippen molar-refractivity contribution in [3.8, 4) is 5.75 Å². The summed E-state index contributed by atoms with van der Waals surface area (Å²) in [6, 6.07) is 6.99. The Bertz CT molecular complexity index is 1210. The molecular formula is C30H40BrN5O4. The maximum atomic E-state index is 13.6. The molecule has 5 heterocycles. The Morgan fingerprint density at radius 2 is 1.93 bits per heavy atom. The maximum Gasteiger partial charge on any atom is 0.272 e. The van der Waals surface area contributed by atoms with Crippen LogP contribution in [-0.2, 0) is 15.9 Å². The van der Waals surface area contributed by atoms with Crippen molar-refractivity contribution in [1.82, 2.24) is 20.2 Å². The summed E-state index contributed by atoms with van der Waals surface area (Å²) in [4.78, 5) is 26.9. The number of hydrogen-bond acceptors (Lipinski definition) is 8. The van der Waals surface area contributed by atoms with Crippen molar-refractivity contribution in [3.63, 3.8) is 0 Å². The van der Waals surface area contributed by atoms with E-state index in [1.165, 1.54) is 5.56 Å². The van der Waals surface area contributed by atoms with Crippen LogP contribution in [0.2, 0.25) is 0 Å². The number of amides is 1. The molecule has 3 saturated heterocycles. The number of aromatic nitrogens is 2. The first kappa shape index (κ1) is 27.9. The average molecular weight is 615 g/mol. The number of benzene rings is 1. The largest absolute Gasteiger partial charge is 0.487 e. The number of piperidine rings is 2. The summed E-state index contributed by atoms with van der Waals surface area (Å²) in [5.41, 5.74) is 2.55. The zero-order valence-electron chi connectivity index (χ0n) is 23.5. The number of likely N-dealkylation sites (tertiary alicyclic amines) is 1. The molecule has 1 spiro atoms. The number of ether oxygens (including phenoxy) is 3. The van der Waals surface area contributed by atoms with Gasteiger partial charge < -0.3 is 29.3 Å². The number of anilines is 1. The summed E-state index contributed by atoms with van der Waals surface area (Å²) in [7, 11) is 1.75. The molecule has 4 aliphatic heterocycles. The normalized spacial score (nSPS) is 25.0. The quantitative estimate of drug-likeness (QED) is 0.543. The van der Waals surface area contributed by atoms with Crippen LogP contribution in [0.1, 0.15) is 60.1 Å². The third-order valence-corrected chi connectivity index (χ3v) is 9.77. The minimum absolute atomic E-state index is 0.00676. The van der Waals surface area contributed by atoms with Crippen molar-refractivity contribution in [2.24, 2.45) is 0 Å². The Kier molecular flexibility index (Phi) is 8.30. The highest BCUT2D eigenvalue weighted by Gasteiger charge is 2.40. The van der Waals surface area contributed by atoms with Gasteiger partial charge in [0.15, 0.2) is 0 Å². The van der Waals surface area contributed by atoms with E-state index in [0.29, 0.717) is 24.4 Å². The van der Waals surface area contributed by atoms with Gasteiger partial charge in [0.2, 0.25) is 0 Å². The first-order chi connectivity index (χ1) is 19.4. The smallest absolute Gasteiger partial charge is 0.272 e. The fourth-order valence-electron chi connectivity index (χ4n) is 6.78. The van der Waals surface area contributed by atoms with Gasteiger partial charge in [0.25, 0.3) is 5.91 Å². The number of nitrogens with zero attached hydrogens (tertiary/aromatic N) is 4. The van der Waals surface area contributed by atoms with Gasteiger partial charge in [-0.05, 0) is 62.8 Å². The molecule has 1 amide bonds. The third kappa shape index (κ3) is 5.73. The minimum atomic E-state index is -0.122. The molecule has 216 valence electrons. The van der Waals surface area contributed by atoms with Crippen molar-refractivity contribution in [2.75, 3.05) is 51.4 Å². The molecule has 2 atom stereocenters.